The maximum Gasteiger partial charge on any atom is 0.323 e. The molecule has 1 N–H and O–H groups in total. The van der Waals surface area contributed by atoms with Crippen LogP contribution in [0, 0.1) is 0 Å². The first kappa shape index (κ1) is 15.1. The van der Waals surface area contributed by atoms with Gasteiger partial charge in [0, 0.05) is 18.3 Å². The molecular weight excluding hydrogens is 288 g/mol. The fourth-order valence-electron chi connectivity index (χ4n) is 1.88. The van der Waals surface area contributed by atoms with E-state index in [0.29, 0.717) is 5.02 Å². The van der Waals surface area contributed by atoms with Crippen LogP contribution in [0.5, 0.6) is 0 Å². The molecule has 2 rings (SSSR count). The van der Waals surface area contributed by atoms with Gasteiger partial charge in [0.25, 0.3) is 0 Å². The number of anilines is 1. The van der Waals surface area contributed by atoms with Crippen LogP contribution in [0.4, 0.5) is 11.4 Å². The molecule has 0 atom stereocenters. The van der Waals surface area contributed by atoms with Crippen LogP contribution in [0.2, 0.25) is 5.02 Å². The van der Waals surface area contributed by atoms with Crippen molar-refractivity contribution < 1.29 is 9.90 Å². The predicted molar refractivity (Wildman–Crippen MR) is 86.1 cm³/mol. The Morgan fingerprint density at radius 1 is 1.24 bits per heavy atom. The molecule has 0 bridgehead atoms. The van der Waals surface area contributed by atoms with E-state index in [4.69, 9.17) is 16.7 Å². The Morgan fingerprint density at radius 3 is 2.57 bits per heavy atom. The van der Waals surface area contributed by atoms with Crippen molar-refractivity contribution in [1.82, 2.24) is 0 Å². The summed E-state index contributed by atoms with van der Waals surface area (Å²) in [6.45, 7) is -0.0759. The van der Waals surface area contributed by atoms with Gasteiger partial charge < -0.3 is 10.0 Å². The first-order chi connectivity index (χ1) is 10.1. The largest absolute Gasteiger partial charge is 0.480 e. The van der Waals surface area contributed by atoms with E-state index in [1.165, 1.54) is 0 Å². The third-order valence-electron chi connectivity index (χ3n) is 2.89. The molecule has 0 spiro atoms. The Hall–Kier alpha value is -2.33. The van der Waals surface area contributed by atoms with E-state index >= 15 is 0 Å². The van der Waals surface area contributed by atoms with Crippen molar-refractivity contribution in [2.45, 2.75) is 0 Å². The molecule has 5 heteroatoms. The van der Waals surface area contributed by atoms with Crippen molar-refractivity contribution >= 4 is 35.2 Å². The number of rotatable bonds is 5. The molecule has 108 valence electrons. The third-order valence-corrected chi connectivity index (χ3v) is 3.14. The summed E-state index contributed by atoms with van der Waals surface area (Å²) in [6, 6.07) is 14.8. The molecule has 21 heavy (non-hydrogen) atoms. The number of likely N-dealkylation sites (N-methyl/N-ethyl adjacent to an activating group) is 1. The number of aliphatic imine (C=N–C) groups is 1. The van der Waals surface area contributed by atoms with Crippen LogP contribution in [-0.4, -0.2) is 30.9 Å². The standard InChI is InChI=1S/C16H15ClN2O2/c1-19(11-16(20)21)15-5-3-2-4-14(15)18-10-12-6-8-13(17)9-7-12/h2-10H,11H2,1H3,(H,20,21). The summed E-state index contributed by atoms with van der Waals surface area (Å²) in [4.78, 5) is 16.9. The molecule has 0 heterocycles. The molecule has 0 aliphatic rings. The molecule has 0 fully saturated rings. The second-order valence-electron chi connectivity index (χ2n) is 4.55. The van der Waals surface area contributed by atoms with Crippen LogP contribution >= 0.6 is 11.6 Å². The summed E-state index contributed by atoms with van der Waals surface area (Å²) < 4.78 is 0. The van der Waals surface area contributed by atoms with Crippen molar-refractivity contribution in [3.63, 3.8) is 0 Å². The van der Waals surface area contributed by atoms with Gasteiger partial charge in [0.05, 0.1) is 11.4 Å². The molecule has 0 unspecified atom stereocenters. The maximum atomic E-state index is 10.8. The number of hydrogen-bond acceptors (Lipinski definition) is 3. The highest BCUT2D eigenvalue weighted by molar-refractivity contribution is 6.30. The second kappa shape index (κ2) is 6.90. The summed E-state index contributed by atoms with van der Waals surface area (Å²) in [5, 5.41) is 9.55. The lowest BCUT2D eigenvalue weighted by atomic mass is 10.2. The van der Waals surface area contributed by atoms with E-state index in [1.807, 2.05) is 36.4 Å². The number of benzene rings is 2. The van der Waals surface area contributed by atoms with E-state index in [0.717, 1.165) is 16.9 Å². The Balaban J connectivity index is 2.23. The van der Waals surface area contributed by atoms with E-state index in [-0.39, 0.29) is 6.54 Å². The van der Waals surface area contributed by atoms with Crippen LogP contribution in [0.25, 0.3) is 0 Å². The van der Waals surface area contributed by atoms with Gasteiger partial charge in [-0.2, -0.15) is 0 Å². The molecule has 2 aromatic rings. The zero-order valence-electron chi connectivity index (χ0n) is 11.5. The highest BCUT2D eigenvalue weighted by Crippen LogP contribution is 2.27. The zero-order valence-corrected chi connectivity index (χ0v) is 12.3. The molecule has 2 aromatic carbocycles. The number of halogens is 1. The maximum absolute atomic E-state index is 10.8. The fraction of sp³-hybridized carbons (Fsp3) is 0.125. The van der Waals surface area contributed by atoms with Crippen LogP contribution in [0.15, 0.2) is 53.5 Å². The lowest BCUT2D eigenvalue weighted by molar-refractivity contribution is -0.135. The van der Waals surface area contributed by atoms with Gasteiger partial charge in [0.1, 0.15) is 6.54 Å². The van der Waals surface area contributed by atoms with Crippen molar-refractivity contribution in [1.29, 1.82) is 0 Å². The topological polar surface area (TPSA) is 52.9 Å². The van der Waals surface area contributed by atoms with Gasteiger partial charge in [-0.15, -0.1) is 0 Å². The summed E-state index contributed by atoms with van der Waals surface area (Å²) in [5.41, 5.74) is 2.41. The number of hydrogen-bond donors (Lipinski definition) is 1. The summed E-state index contributed by atoms with van der Waals surface area (Å²) >= 11 is 5.84. The average Bonchev–Trinajstić information content (AvgIpc) is 2.46. The van der Waals surface area contributed by atoms with Crippen LogP contribution < -0.4 is 4.90 Å². The van der Waals surface area contributed by atoms with E-state index in [2.05, 4.69) is 4.99 Å². The van der Waals surface area contributed by atoms with Gasteiger partial charge >= 0.3 is 5.97 Å². The van der Waals surface area contributed by atoms with Gasteiger partial charge in [-0.25, -0.2) is 0 Å². The lowest BCUT2D eigenvalue weighted by Gasteiger charge is -2.18. The van der Waals surface area contributed by atoms with Crippen LogP contribution in [-0.2, 0) is 4.79 Å². The van der Waals surface area contributed by atoms with Crippen LogP contribution in [0.3, 0.4) is 0 Å². The third kappa shape index (κ3) is 4.33. The van der Waals surface area contributed by atoms with Crippen molar-refractivity contribution in [3.8, 4) is 0 Å². The van der Waals surface area contributed by atoms with Gasteiger partial charge in [-0.05, 0) is 29.8 Å². The minimum Gasteiger partial charge on any atom is -0.480 e. The Kier molecular flexibility index (Phi) is 4.95. The van der Waals surface area contributed by atoms with E-state index in [9.17, 15) is 4.79 Å². The highest BCUT2D eigenvalue weighted by Gasteiger charge is 2.09. The lowest BCUT2D eigenvalue weighted by Crippen LogP contribution is -2.25. The predicted octanol–water partition coefficient (Wildman–Crippen LogP) is 3.61. The first-order valence-electron chi connectivity index (χ1n) is 6.38. The van der Waals surface area contributed by atoms with Gasteiger partial charge in [0.2, 0.25) is 0 Å². The molecule has 0 aliphatic carbocycles. The minimum atomic E-state index is -0.881. The smallest absolute Gasteiger partial charge is 0.323 e. The van der Waals surface area contributed by atoms with E-state index < -0.39 is 5.97 Å². The van der Waals surface area contributed by atoms with E-state index in [1.54, 1.807) is 30.3 Å². The second-order valence-corrected chi connectivity index (χ2v) is 4.98. The molecule has 0 amide bonds. The summed E-state index contributed by atoms with van der Waals surface area (Å²) in [7, 11) is 1.73. The molecule has 4 nitrogen and oxygen atoms in total. The van der Waals surface area contributed by atoms with Gasteiger partial charge in [-0.1, -0.05) is 35.9 Å². The SMILES string of the molecule is CN(CC(=O)O)c1ccccc1N=Cc1ccc(Cl)cc1. The zero-order chi connectivity index (χ0) is 15.2. The van der Waals surface area contributed by atoms with Crippen molar-refractivity contribution in [3.05, 3.63) is 59.1 Å². The molecule has 0 aromatic heterocycles. The average molecular weight is 303 g/mol. The van der Waals surface area contributed by atoms with Gasteiger partial charge in [-0.3, -0.25) is 9.79 Å². The summed E-state index contributed by atoms with van der Waals surface area (Å²) in [6.07, 6.45) is 1.73. The first-order valence-corrected chi connectivity index (χ1v) is 6.75. The monoisotopic (exact) mass is 302 g/mol. The Labute approximate surface area is 128 Å². The van der Waals surface area contributed by atoms with Gasteiger partial charge in [0.15, 0.2) is 0 Å². The Bertz CT molecular complexity index is 654. The normalized spacial score (nSPS) is 10.8. The number of para-hydroxylation sites is 2. The quantitative estimate of drug-likeness (QED) is 0.858. The fourth-order valence-corrected chi connectivity index (χ4v) is 2.00. The number of carboxylic acids is 1. The molecular formula is C16H15ClN2O2. The number of carbonyl (C=O) groups is 1. The number of carboxylic acid groups (broad SMARTS) is 1. The minimum absolute atomic E-state index is 0.0759. The number of nitrogens with zero attached hydrogens (tertiary/aromatic N) is 2. The molecule has 0 aliphatic heterocycles. The molecule has 0 radical (unpaired) electrons. The Morgan fingerprint density at radius 2 is 1.90 bits per heavy atom. The molecule has 0 saturated heterocycles. The van der Waals surface area contributed by atoms with Crippen LogP contribution in [0.1, 0.15) is 5.56 Å². The van der Waals surface area contributed by atoms with Crippen molar-refractivity contribution in [2.24, 2.45) is 4.99 Å². The highest BCUT2D eigenvalue weighted by atomic mass is 35.5. The number of aliphatic carboxylic acids is 1. The summed E-state index contributed by atoms with van der Waals surface area (Å²) in [5.74, 6) is -0.881. The van der Waals surface area contributed by atoms with Crippen molar-refractivity contribution in [2.75, 3.05) is 18.5 Å². The molecule has 0 saturated carbocycles.